The lowest BCUT2D eigenvalue weighted by molar-refractivity contribution is -0.140. The second-order valence-electron chi connectivity index (χ2n) is 7.27. The van der Waals surface area contributed by atoms with Crippen molar-refractivity contribution in [3.63, 3.8) is 0 Å². The summed E-state index contributed by atoms with van der Waals surface area (Å²) in [6.07, 6.45) is 3.29. The largest absolute Gasteiger partial charge is 0.507 e. The van der Waals surface area contributed by atoms with Crippen molar-refractivity contribution in [3.05, 3.63) is 95.3 Å². The maximum absolute atomic E-state index is 13.1. The molecule has 162 valence electrons. The maximum Gasteiger partial charge on any atom is 0.295 e. The molecule has 0 spiro atoms. The number of carbonyl (C=O) groups excluding carboxylic acids is 2. The number of pyridine rings is 1. The molecule has 0 aliphatic carbocycles. The first-order valence-corrected chi connectivity index (χ1v) is 9.99. The minimum Gasteiger partial charge on any atom is -0.507 e. The molecule has 2 heterocycles. The van der Waals surface area contributed by atoms with E-state index < -0.39 is 17.7 Å². The summed E-state index contributed by atoms with van der Waals surface area (Å²) in [6.45, 7) is 0.181. The normalized spacial score (nSPS) is 17.4. The Morgan fingerprint density at radius 2 is 1.75 bits per heavy atom. The van der Waals surface area contributed by atoms with Gasteiger partial charge in [-0.25, -0.2) is 0 Å². The van der Waals surface area contributed by atoms with Gasteiger partial charge in [0.2, 0.25) is 0 Å². The van der Waals surface area contributed by atoms with Crippen LogP contribution in [0.1, 0.15) is 22.7 Å². The first kappa shape index (κ1) is 21.1. The van der Waals surface area contributed by atoms with E-state index >= 15 is 0 Å². The Labute approximate surface area is 185 Å². The minimum atomic E-state index is -0.746. The summed E-state index contributed by atoms with van der Waals surface area (Å²) in [5.41, 5.74) is 1.87. The third kappa shape index (κ3) is 3.80. The first-order valence-electron chi connectivity index (χ1n) is 9.99. The van der Waals surface area contributed by atoms with Crippen LogP contribution in [0.2, 0.25) is 0 Å². The molecular weight excluding hydrogens is 408 g/mol. The molecular formula is C25H22N2O5. The van der Waals surface area contributed by atoms with Gasteiger partial charge in [-0.3, -0.25) is 14.6 Å². The van der Waals surface area contributed by atoms with Gasteiger partial charge in [0.1, 0.15) is 5.76 Å². The topological polar surface area (TPSA) is 89.0 Å². The molecule has 2 aromatic carbocycles. The molecule has 1 aliphatic heterocycles. The van der Waals surface area contributed by atoms with Crippen LogP contribution in [0, 0.1) is 0 Å². The zero-order chi connectivity index (χ0) is 22.7. The fraction of sp³-hybridized carbons (Fsp3) is 0.160. The van der Waals surface area contributed by atoms with Gasteiger partial charge in [0, 0.05) is 24.5 Å². The number of hydrogen-bond donors (Lipinski definition) is 1. The lowest BCUT2D eigenvalue weighted by atomic mass is 9.95. The van der Waals surface area contributed by atoms with Gasteiger partial charge in [0.25, 0.3) is 11.7 Å². The van der Waals surface area contributed by atoms with Crippen molar-refractivity contribution in [2.24, 2.45) is 0 Å². The fourth-order valence-corrected chi connectivity index (χ4v) is 3.85. The quantitative estimate of drug-likeness (QED) is 0.364. The number of amides is 1. The van der Waals surface area contributed by atoms with Gasteiger partial charge < -0.3 is 19.5 Å². The van der Waals surface area contributed by atoms with Crippen molar-refractivity contribution < 1.29 is 24.2 Å². The molecule has 0 saturated carbocycles. The number of aromatic nitrogens is 1. The van der Waals surface area contributed by atoms with E-state index in [1.54, 1.807) is 36.7 Å². The van der Waals surface area contributed by atoms with E-state index in [1.807, 2.05) is 36.4 Å². The van der Waals surface area contributed by atoms with Gasteiger partial charge >= 0.3 is 0 Å². The summed E-state index contributed by atoms with van der Waals surface area (Å²) in [4.78, 5) is 31.7. The van der Waals surface area contributed by atoms with Crippen LogP contribution in [0.15, 0.2) is 78.6 Å². The zero-order valence-corrected chi connectivity index (χ0v) is 17.7. The van der Waals surface area contributed by atoms with Crippen LogP contribution in [0.4, 0.5) is 0 Å². The van der Waals surface area contributed by atoms with Crippen molar-refractivity contribution >= 4 is 17.4 Å². The Morgan fingerprint density at radius 1 is 1.00 bits per heavy atom. The number of ketones is 1. The van der Waals surface area contributed by atoms with Crippen LogP contribution in [0.3, 0.4) is 0 Å². The third-order valence-electron chi connectivity index (χ3n) is 5.39. The zero-order valence-electron chi connectivity index (χ0n) is 17.7. The number of likely N-dealkylation sites (tertiary alicyclic amines) is 1. The summed E-state index contributed by atoms with van der Waals surface area (Å²) >= 11 is 0. The lowest BCUT2D eigenvalue weighted by Crippen LogP contribution is -2.29. The van der Waals surface area contributed by atoms with Gasteiger partial charge in [0.05, 0.1) is 25.8 Å². The monoisotopic (exact) mass is 430 g/mol. The van der Waals surface area contributed by atoms with Gasteiger partial charge in [-0.05, 0) is 35.4 Å². The second-order valence-corrected chi connectivity index (χ2v) is 7.27. The summed E-state index contributed by atoms with van der Waals surface area (Å²) in [6, 6.07) is 16.9. The summed E-state index contributed by atoms with van der Waals surface area (Å²) in [5, 5.41) is 11.2. The van der Waals surface area contributed by atoms with Crippen molar-refractivity contribution in [3.8, 4) is 11.5 Å². The highest BCUT2D eigenvalue weighted by atomic mass is 16.5. The van der Waals surface area contributed by atoms with Crippen LogP contribution in [0.25, 0.3) is 5.76 Å². The molecule has 1 N–H and O–H groups in total. The number of hydrogen-bond acceptors (Lipinski definition) is 6. The minimum absolute atomic E-state index is 0.0253. The first-order chi connectivity index (χ1) is 15.5. The Morgan fingerprint density at radius 3 is 2.41 bits per heavy atom. The number of Topliss-reactive ketones (excluding diaryl/α,β-unsaturated/α-hetero) is 1. The number of benzene rings is 2. The van der Waals surface area contributed by atoms with Crippen LogP contribution in [-0.2, 0) is 16.1 Å². The van der Waals surface area contributed by atoms with Crippen LogP contribution in [0.5, 0.6) is 11.5 Å². The van der Waals surface area contributed by atoms with Crippen LogP contribution < -0.4 is 9.47 Å². The van der Waals surface area contributed by atoms with Gasteiger partial charge in [0.15, 0.2) is 11.5 Å². The molecule has 1 amide bonds. The molecule has 4 rings (SSSR count). The molecule has 0 radical (unpaired) electrons. The molecule has 1 atom stereocenters. The van der Waals surface area contributed by atoms with Crippen molar-refractivity contribution in [1.82, 2.24) is 9.88 Å². The summed E-state index contributed by atoms with van der Waals surface area (Å²) in [7, 11) is 3.00. The maximum atomic E-state index is 13.1. The standard InChI is InChI=1S/C25H22N2O5/c1-31-19-11-10-18(13-20(19)32-2)23(28)21-22(17-8-4-3-5-9-17)27(25(30)24(21)29)15-16-7-6-12-26-14-16/h3-14,22,28H,15H2,1-2H3/t22-/m1/s1. The third-order valence-corrected chi connectivity index (χ3v) is 5.39. The molecule has 7 nitrogen and oxygen atoms in total. The van der Waals surface area contributed by atoms with Crippen molar-refractivity contribution in [2.75, 3.05) is 14.2 Å². The SMILES string of the molecule is COc1ccc(C(O)=C2C(=O)C(=O)N(Cc3cccnc3)[C@@H]2c2ccccc2)cc1OC. The smallest absolute Gasteiger partial charge is 0.295 e. The Hall–Kier alpha value is -4.13. The highest BCUT2D eigenvalue weighted by Crippen LogP contribution is 2.41. The lowest BCUT2D eigenvalue weighted by Gasteiger charge is -2.25. The molecule has 1 saturated heterocycles. The molecule has 1 aliphatic rings. The van der Waals surface area contributed by atoms with E-state index in [1.165, 1.54) is 19.1 Å². The van der Waals surface area contributed by atoms with Gasteiger partial charge in [-0.1, -0.05) is 36.4 Å². The van der Waals surface area contributed by atoms with Crippen molar-refractivity contribution in [1.29, 1.82) is 0 Å². The summed E-state index contributed by atoms with van der Waals surface area (Å²) < 4.78 is 10.6. The average molecular weight is 430 g/mol. The predicted octanol–water partition coefficient (Wildman–Crippen LogP) is 3.72. The molecule has 1 fully saturated rings. The number of methoxy groups -OCH3 is 2. The highest BCUT2D eigenvalue weighted by molar-refractivity contribution is 6.46. The number of aliphatic hydroxyl groups is 1. The fourth-order valence-electron chi connectivity index (χ4n) is 3.85. The average Bonchev–Trinajstić information content (AvgIpc) is 3.09. The number of ether oxygens (including phenoxy) is 2. The van der Waals surface area contributed by atoms with E-state index in [0.29, 0.717) is 17.1 Å². The van der Waals surface area contributed by atoms with E-state index in [-0.39, 0.29) is 17.9 Å². The molecule has 32 heavy (non-hydrogen) atoms. The van der Waals surface area contributed by atoms with Gasteiger partial charge in [-0.15, -0.1) is 0 Å². The number of rotatable bonds is 6. The number of nitrogens with zero attached hydrogens (tertiary/aromatic N) is 2. The summed E-state index contributed by atoms with van der Waals surface area (Å²) in [5.74, 6) is -0.801. The highest BCUT2D eigenvalue weighted by Gasteiger charge is 2.46. The van der Waals surface area contributed by atoms with E-state index in [4.69, 9.17) is 9.47 Å². The van der Waals surface area contributed by atoms with Crippen LogP contribution in [-0.4, -0.2) is 40.9 Å². The number of aliphatic hydroxyl groups excluding tert-OH is 1. The number of carbonyl (C=O) groups is 2. The van der Waals surface area contributed by atoms with Gasteiger partial charge in [-0.2, -0.15) is 0 Å². The van der Waals surface area contributed by atoms with E-state index in [0.717, 1.165) is 11.1 Å². The predicted molar refractivity (Wildman–Crippen MR) is 118 cm³/mol. The Balaban J connectivity index is 1.85. The van der Waals surface area contributed by atoms with Crippen molar-refractivity contribution in [2.45, 2.75) is 12.6 Å². The Bertz CT molecular complexity index is 1180. The molecule has 0 bridgehead atoms. The second kappa shape index (κ2) is 8.93. The molecule has 1 aromatic heterocycles. The van der Waals surface area contributed by atoms with E-state index in [2.05, 4.69) is 4.98 Å². The van der Waals surface area contributed by atoms with E-state index in [9.17, 15) is 14.7 Å². The molecule has 7 heteroatoms. The Kier molecular flexibility index (Phi) is 5.89. The molecule has 0 unspecified atom stereocenters. The van der Waals surface area contributed by atoms with Crippen LogP contribution >= 0.6 is 0 Å². The molecule has 3 aromatic rings.